The zero-order valence-electron chi connectivity index (χ0n) is 21.6. The van der Waals surface area contributed by atoms with Crippen molar-refractivity contribution in [3.8, 4) is 22.5 Å². The Morgan fingerprint density at radius 2 is 1.95 bits per heavy atom. The maximum Gasteiger partial charge on any atom is 0.135 e. The van der Waals surface area contributed by atoms with Crippen molar-refractivity contribution in [2.24, 2.45) is 0 Å². The zero-order valence-corrected chi connectivity index (χ0v) is 21.6. The average molecular weight is 502 g/mol. The lowest BCUT2D eigenvalue weighted by Gasteiger charge is -2.26. The first-order valence-corrected chi connectivity index (χ1v) is 13.2. The summed E-state index contributed by atoms with van der Waals surface area (Å²) in [5.41, 5.74) is 9.59. The van der Waals surface area contributed by atoms with Crippen LogP contribution in [0.5, 0.6) is 0 Å². The third-order valence-corrected chi connectivity index (χ3v) is 7.25. The minimum absolute atomic E-state index is 0.784. The second-order valence-corrected chi connectivity index (χ2v) is 9.74. The lowest BCUT2D eigenvalue weighted by Crippen LogP contribution is -2.31. The van der Waals surface area contributed by atoms with Crippen molar-refractivity contribution >= 4 is 27.5 Å². The minimum atomic E-state index is 0.784. The predicted molar refractivity (Wildman–Crippen MR) is 154 cm³/mol. The first kappa shape index (κ1) is 24.0. The summed E-state index contributed by atoms with van der Waals surface area (Å²) in [4.78, 5) is 19.8. The molecule has 190 valence electrons. The molecule has 7 nitrogen and oxygen atoms in total. The van der Waals surface area contributed by atoms with Gasteiger partial charge in [0.15, 0.2) is 0 Å². The molecular formula is C31H31N7. The molecule has 0 aromatic carbocycles. The number of H-pyrrole nitrogens is 2. The third-order valence-electron chi connectivity index (χ3n) is 7.25. The van der Waals surface area contributed by atoms with Gasteiger partial charge in [-0.05, 0) is 74.3 Å². The highest BCUT2D eigenvalue weighted by atomic mass is 15.1. The fourth-order valence-corrected chi connectivity index (χ4v) is 5.23. The van der Waals surface area contributed by atoms with Gasteiger partial charge in [-0.15, -0.1) is 0 Å². The highest BCUT2D eigenvalue weighted by Crippen LogP contribution is 2.33. The van der Waals surface area contributed by atoms with Gasteiger partial charge in [-0.3, -0.25) is 20.0 Å². The molecule has 7 heteroatoms. The first-order valence-electron chi connectivity index (χ1n) is 13.2. The number of hydrogen-bond donors (Lipinski definition) is 2. The van der Waals surface area contributed by atoms with Crippen LogP contribution in [0.3, 0.4) is 0 Å². The quantitative estimate of drug-likeness (QED) is 0.247. The Bertz CT molecular complexity index is 1650. The Kier molecular flexibility index (Phi) is 6.67. The van der Waals surface area contributed by atoms with Crippen molar-refractivity contribution in [1.29, 1.82) is 0 Å². The Morgan fingerprint density at radius 3 is 2.74 bits per heavy atom. The van der Waals surface area contributed by atoms with Gasteiger partial charge in [0.05, 0.1) is 28.6 Å². The van der Waals surface area contributed by atoms with Gasteiger partial charge < -0.3 is 4.98 Å². The smallest absolute Gasteiger partial charge is 0.135 e. The number of nitrogens with zero attached hydrogens (tertiary/aromatic N) is 5. The molecule has 6 rings (SSSR count). The topological polar surface area (TPSA) is 86.4 Å². The van der Waals surface area contributed by atoms with Crippen molar-refractivity contribution < 1.29 is 0 Å². The van der Waals surface area contributed by atoms with E-state index >= 15 is 0 Å². The van der Waals surface area contributed by atoms with Crippen LogP contribution in [0, 0.1) is 0 Å². The van der Waals surface area contributed by atoms with Crippen molar-refractivity contribution in [2.45, 2.75) is 26.2 Å². The summed E-state index contributed by atoms with van der Waals surface area (Å²) in [5, 5.41) is 8.86. The van der Waals surface area contributed by atoms with E-state index < -0.39 is 0 Å². The standard InChI is InChI=1S/C31H31N7/c1-3-21(20-38-13-6-5-7-14-38)15-22(4-2)26-10-11-27-30(35-26)31(37-36-27)28-16-24-25(18-33-19-29(24)34-28)23-9-8-12-32-17-23/h3-4,8-12,15-19,34H,1,5-7,13-14,20H2,2H3,(H,36,37)/b21-15+,22-4+. The van der Waals surface area contributed by atoms with E-state index in [9.17, 15) is 0 Å². The minimum Gasteiger partial charge on any atom is -0.352 e. The maximum atomic E-state index is 5.07. The highest BCUT2D eigenvalue weighted by molar-refractivity contribution is 5.99. The number of piperidine rings is 1. The molecule has 0 amide bonds. The second kappa shape index (κ2) is 10.6. The van der Waals surface area contributed by atoms with Crippen LogP contribution in [0.1, 0.15) is 31.9 Å². The number of allylic oxidation sites excluding steroid dienone is 3. The van der Waals surface area contributed by atoms with Crippen LogP contribution in [0.25, 0.3) is 50.0 Å². The molecule has 0 radical (unpaired) electrons. The number of hydrogen-bond acceptors (Lipinski definition) is 5. The van der Waals surface area contributed by atoms with Gasteiger partial charge in [-0.25, -0.2) is 4.98 Å². The van der Waals surface area contributed by atoms with Crippen LogP contribution >= 0.6 is 0 Å². The van der Waals surface area contributed by atoms with Crippen molar-refractivity contribution in [1.82, 2.24) is 35.0 Å². The van der Waals surface area contributed by atoms with E-state index in [0.717, 1.165) is 75.4 Å². The Labute approximate surface area is 222 Å². The molecule has 0 spiro atoms. The molecule has 0 unspecified atom stereocenters. The van der Waals surface area contributed by atoms with E-state index in [1.807, 2.05) is 42.9 Å². The van der Waals surface area contributed by atoms with Crippen molar-refractivity contribution in [2.75, 3.05) is 19.6 Å². The lowest BCUT2D eigenvalue weighted by molar-refractivity contribution is 0.248. The summed E-state index contributed by atoms with van der Waals surface area (Å²) < 4.78 is 0. The van der Waals surface area contributed by atoms with Gasteiger partial charge >= 0.3 is 0 Å². The number of likely N-dealkylation sites (tertiary alicyclic amines) is 1. The molecule has 1 aliphatic rings. The zero-order chi connectivity index (χ0) is 25.9. The largest absolute Gasteiger partial charge is 0.352 e. The van der Waals surface area contributed by atoms with Crippen molar-refractivity contribution in [3.63, 3.8) is 0 Å². The lowest BCUT2D eigenvalue weighted by atomic mass is 10.0. The molecule has 0 atom stereocenters. The monoisotopic (exact) mass is 501 g/mol. The van der Waals surface area contributed by atoms with E-state index in [4.69, 9.17) is 4.98 Å². The van der Waals surface area contributed by atoms with Crippen LogP contribution < -0.4 is 0 Å². The molecule has 1 saturated heterocycles. The molecule has 0 saturated carbocycles. The summed E-state index contributed by atoms with van der Waals surface area (Å²) in [7, 11) is 0. The number of aromatic nitrogens is 6. The summed E-state index contributed by atoms with van der Waals surface area (Å²) >= 11 is 0. The first-order chi connectivity index (χ1) is 18.7. The Morgan fingerprint density at radius 1 is 1.05 bits per heavy atom. The van der Waals surface area contributed by atoms with E-state index in [0.29, 0.717) is 0 Å². The summed E-state index contributed by atoms with van der Waals surface area (Å²) in [5.74, 6) is 0. The molecule has 0 bridgehead atoms. The van der Waals surface area contributed by atoms with Gasteiger partial charge in [-0.2, -0.15) is 5.10 Å². The van der Waals surface area contributed by atoms with Crippen LogP contribution in [0.2, 0.25) is 0 Å². The van der Waals surface area contributed by atoms with Crippen LogP contribution in [0.4, 0.5) is 0 Å². The third kappa shape index (κ3) is 4.68. The average Bonchev–Trinajstić information content (AvgIpc) is 3.60. The number of aromatic amines is 2. The Hall–Kier alpha value is -4.36. The van der Waals surface area contributed by atoms with Gasteiger partial charge in [-0.1, -0.05) is 31.2 Å². The van der Waals surface area contributed by atoms with Crippen LogP contribution in [0.15, 0.2) is 85.5 Å². The number of pyridine rings is 3. The summed E-state index contributed by atoms with van der Waals surface area (Å²) in [6.45, 7) is 9.37. The second-order valence-electron chi connectivity index (χ2n) is 9.74. The van der Waals surface area contributed by atoms with Gasteiger partial charge in [0.25, 0.3) is 0 Å². The summed E-state index contributed by atoms with van der Waals surface area (Å²) in [6.07, 6.45) is 17.5. The summed E-state index contributed by atoms with van der Waals surface area (Å²) in [6, 6.07) is 10.2. The van der Waals surface area contributed by atoms with Crippen molar-refractivity contribution in [3.05, 3.63) is 91.2 Å². The SMILES string of the molecule is C=C/C(=C\C(=C/C)c1ccc2[nH]nc(-c3cc4c(-c5cccnc5)cncc4[nH]3)c2n1)CN1CCCCC1. The molecule has 38 heavy (non-hydrogen) atoms. The molecule has 6 heterocycles. The fourth-order valence-electron chi connectivity index (χ4n) is 5.23. The van der Waals surface area contributed by atoms with Gasteiger partial charge in [0.1, 0.15) is 11.2 Å². The van der Waals surface area contributed by atoms with Crippen LogP contribution in [-0.4, -0.2) is 54.7 Å². The van der Waals surface area contributed by atoms with E-state index in [2.05, 4.69) is 67.8 Å². The molecule has 5 aromatic rings. The number of fused-ring (bicyclic) bond motifs is 2. The van der Waals surface area contributed by atoms with E-state index in [-0.39, 0.29) is 0 Å². The van der Waals surface area contributed by atoms with Gasteiger partial charge in [0, 0.05) is 41.6 Å². The molecule has 2 N–H and O–H groups in total. The molecule has 5 aromatic heterocycles. The maximum absolute atomic E-state index is 5.07. The normalized spacial score (nSPS) is 15.4. The number of rotatable bonds is 7. The predicted octanol–water partition coefficient (Wildman–Crippen LogP) is 6.56. The van der Waals surface area contributed by atoms with Gasteiger partial charge in [0.2, 0.25) is 0 Å². The molecular weight excluding hydrogens is 470 g/mol. The molecule has 1 fully saturated rings. The Balaban J connectivity index is 1.36. The molecule has 0 aliphatic carbocycles. The number of nitrogens with one attached hydrogen (secondary N) is 2. The van der Waals surface area contributed by atoms with Crippen LogP contribution in [-0.2, 0) is 0 Å². The van der Waals surface area contributed by atoms with E-state index in [1.165, 1.54) is 24.8 Å². The fraction of sp³-hybridized carbons (Fsp3) is 0.226. The van der Waals surface area contributed by atoms with E-state index in [1.54, 1.807) is 6.20 Å². The highest BCUT2D eigenvalue weighted by Gasteiger charge is 2.16. The molecule has 1 aliphatic heterocycles.